The Bertz CT molecular complexity index is 877. The van der Waals surface area contributed by atoms with Gasteiger partial charge in [0.1, 0.15) is 6.17 Å². The highest BCUT2D eigenvalue weighted by atomic mass is 19.4. The molecule has 1 N–H and O–H groups in total. The van der Waals surface area contributed by atoms with Gasteiger partial charge < -0.3 is 0 Å². The Labute approximate surface area is 146 Å². The van der Waals surface area contributed by atoms with E-state index in [1.165, 1.54) is 11.1 Å². The van der Waals surface area contributed by atoms with E-state index in [9.17, 15) is 22.8 Å². The van der Waals surface area contributed by atoms with Crippen molar-refractivity contribution in [1.82, 2.24) is 14.5 Å². The predicted octanol–water partition coefficient (Wildman–Crippen LogP) is 1.05. The van der Waals surface area contributed by atoms with Gasteiger partial charge in [0.2, 0.25) is 0 Å². The predicted molar refractivity (Wildman–Crippen MR) is 89.3 cm³/mol. The van der Waals surface area contributed by atoms with Gasteiger partial charge in [-0.2, -0.15) is 13.2 Å². The van der Waals surface area contributed by atoms with Crippen LogP contribution in [0.1, 0.15) is 42.5 Å². The molecular weight excluding hydrogens is 351 g/mol. The molecule has 0 aliphatic carbocycles. The molecule has 7 nitrogen and oxygen atoms in total. The third-order valence-electron chi connectivity index (χ3n) is 5.23. The van der Waals surface area contributed by atoms with Crippen molar-refractivity contribution in [3.05, 3.63) is 32.1 Å². The molecule has 1 aromatic heterocycles. The molecule has 1 aromatic rings. The summed E-state index contributed by atoms with van der Waals surface area (Å²) >= 11 is 0. The molecule has 10 heteroatoms. The van der Waals surface area contributed by atoms with Crippen LogP contribution in [-0.4, -0.2) is 58.9 Å². The fourth-order valence-electron chi connectivity index (χ4n) is 4.09. The summed E-state index contributed by atoms with van der Waals surface area (Å²) < 4.78 is 39.3. The summed E-state index contributed by atoms with van der Waals surface area (Å²) in [4.78, 5) is 36.9. The second-order valence-electron chi connectivity index (χ2n) is 6.92. The minimum Gasteiger partial charge on any atom is -0.295 e. The van der Waals surface area contributed by atoms with Crippen LogP contribution in [0.25, 0.3) is 0 Å². The van der Waals surface area contributed by atoms with Crippen LogP contribution >= 0.6 is 0 Å². The highest BCUT2D eigenvalue weighted by Crippen LogP contribution is 2.35. The van der Waals surface area contributed by atoms with E-state index in [1.54, 1.807) is 10.8 Å². The molecule has 0 spiro atoms. The number of hydrogen-bond donors (Lipinski definition) is 1. The summed E-state index contributed by atoms with van der Waals surface area (Å²) in [5.41, 5.74) is -0.0200. The highest BCUT2D eigenvalue weighted by molar-refractivity contribution is 5.83. The molecule has 2 unspecified atom stereocenters. The zero-order chi connectivity index (χ0) is 18.5. The van der Waals surface area contributed by atoms with Crippen molar-refractivity contribution in [3.8, 4) is 0 Å². The first kappa shape index (κ1) is 17.2. The molecule has 0 aromatic carbocycles. The quantitative estimate of drug-likeness (QED) is 0.846. The number of likely N-dealkylation sites (tertiary alicyclic amines) is 1. The van der Waals surface area contributed by atoms with Gasteiger partial charge in [-0.05, 0) is 19.3 Å². The Balaban J connectivity index is 1.66. The average Bonchev–Trinajstić information content (AvgIpc) is 3.03. The number of aromatic nitrogens is 2. The summed E-state index contributed by atoms with van der Waals surface area (Å²) in [6.45, 7) is -0.435. The first-order valence-corrected chi connectivity index (χ1v) is 8.56. The lowest BCUT2D eigenvalue weighted by Crippen LogP contribution is -2.45. The van der Waals surface area contributed by atoms with Crippen molar-refractivity contribution in [1.29, 1.82) is 0 Å². The lowest BCUT2D eigenvalue weighted by atomic mass is 9.93. The number of rotatable bonds is 2. The minimum absolute atomic E-state index is 0.168. The van der Waals surface area contributed by atoms with Crippen LogP contribution in [0.15, 0.2) is 19.6 Å². The lowest BCUT2D eigenvalue weighted by molar-refractivity contribution is -0.148. The highest BCUT2D eigenvalue weighted by Gasteiger charge is 2.37. The maximum atomic E-state index is 12.6. The normalized spacial score (nSPS) is 26.1. The van der Waals surface area contributed by atoms with Crippen LogP contribution in [0, 0.1) is 0 Å². The number of nitrogens with one attached hydrogen (secondary N) is 1. The van der Waals surface area contributed by atoms with Gasteiger partial charge in [0.05, 0.1) is 12.1 Å². The fourth-order valence-corrected chi connectivity index (χ4v) is 4.09. The number of hydrogen-bond acceptors (Lipinski definition) is 5. The van der Waals surface area contributed by atoms with E-state index in [-0.39, 0.29) is 31.2 Å². The molecule has 0 saturated carbocycles. The monoisotopic (exact) mass is 369 g/mol. The third-order valence-corrected chi connectivity index (χ3v) is 5.23. The molecule has 1 fully saturated rings. The van der Waals surface area contributed by atoms with Gasteiger partial charge in [-0.15, -0.1) is 0 Å². The second-order valence-corrected chi connectivity index (χ2v) is 6.92. The summed E-state index contributed by atoms with van der Waals surface area (Å²) in [6.07, 6.45) is 0.0565. The molecule has 2 atom stereocenters. The zero-order valence-corrected chi connectivity index (χ0v) is 13.9. The summed E-state index contributed by atoms with van der Waals surface area (Å²) in [5.74, 6) is -0.168. The molecule has 140 valence electrons. The molecule has 1 saturated heterocycles. The van der Waals surface area contributed by atoms with Crippen LogP contribution in [0.4, 0.5) is 13.2 Å². The fraction of sp³-hybridized carbons (Fsp3) is 0.625. The zero-order valence-electron chi connectivity index (χ0n) is 13.9. The van der Waals surface area contributed by atoms with E-state index in [4.69, 9.17) is 0 Å². The molecule has 3 aliphatic heterocycles. The smallest absolute Gasteiger partial charge is 0.295 e. The number of piperidine rings is 1. The first-order valence-electron chi connectivity index (χ1n) is 8.56. The van der Waals surface area contributed by atoms with Gasteiger partial charge in [0.25, 0.3) is 5.56 Å². The Morgan fingerprint density at radius 1 is 1.19 bits per heavy atom. The van der Waals surface area contributed by atoms with Crippen molar-refractivity contribution in [2.45, 2.75) is 43.6 Å². The lowest BCUT2D eigenvalue weighted by Gasteiger charge is -2.35. The van der Waals surface area contributed by atoms with E-state index >= 15 is 0 Å². The number of alkyl halides is 3. The van der Waals surface area contributed by atoms with Crippen molar-refractivity contribution in [2.75, 3.05) is 19.6 Å². The Hall–Kier alpha value is -2.23. The average molecular weight is 369 g/mol. The molecular formula is C16H18F3N5O2. The summed E-state index contributed by atoms with van der Waals surface area (Å²) in [7, 11) is 0. The van der Waals surface area contributed by atoms with Gasteiger partial charge in [0.15, 0.2) is 0 Å². The minimum atomic E-state index is -4.23. The van der Waals surface area contributed by atoms with Gasteiger partial charge in [-0.1, -0.05) is 0 Å². The molecule has 4 heterocycles. The standard InChI is InChI=1S/C16H18F3N5O2/c17-16(18,19)8-23-5-2-9(3-6-23)24-12-10-1-4-20-13(10)21-7-11(12)14(25)22-15(24)26/h4,7,9-10,13H,1-3,5-6,8H2,(H,22,25,26). The number of H-pyrrole nitrogens is 1. The first-order chi connectivity index (χ1) is 12.3. The second kappa shape index (κ2) is 6.19. The molecule has 3 aliphatic rings. The number of aliphatic imine (C=N–C) groups is 2. The Kier molecular flexibility index (Phi) is 4.09. The number of nitrogens with zero attached hydrogens (tertiary/aromatic N) is 4. The summed E-state index contributed by atoms with van der Waals surface area (Å²) in [6, 6.07) is -0.245. The van der Waals surface area contributed by atoms with Crippen molar-refractivity contribution >= 4 is 12.4 Å². The number of aromatic amines is 1. The molecule has 0 radical (unpaired) electrons. The Morgan fingerprint density at radius 2 is 1.92 bits per heavy atom. The maximum Gasteiger partial charge on any atom is 0.401 e. The number of halogens is 3. The van der Waals surface area contributed by atoms with Crippen LogP contribution in [0.3, 0.4) is 0 Å². The molecule has 26 heavy (non-hydrogen) atoms. The SMILES string of the molecule is O=c1[nH]c(=O)n(C2CCN(CC(F)(F)F)CC2)c2c1C=NC1N=CCC21. The molecule has 0 bridgehead atoms. The van der Waals surface area contributed by atoms with Crippen molar-refractivity contribution < 1.29 is 13.2 Å². The number of fused-ring (bicyclic) bond motifs is 3. The van der Waals surface area contributed by atoms with Crippen LogP contribution < -0.4 is 11.2 Å². The largest absolute Gasteiger partial charge is 0.401 e. The topological polar surface area (TPSA) is 82.8 Å². The van der Waals surface area contributed by atoms with Crippen LogP contribution in [0.2, 0.25) is 0 Å². The van der Waals surface area contributed by atoms with Gasteiger partial charge in [-0.25, -0.2) is 4.79 Å². The Morgan fingerprint density at radius 3 is 2.62 bits per heavy atom. The molecule has 4 rings (SSSR count). The van der Waals surface area contributed by atoms with Crippen LogP contribution in [0.5, 0.6) is 0 Å². The summed E-state index contributed by atoms with van der Waals surface area (Å²) in [5, 5.41) is 0. The van der Waals surface area contributed by atoms with E-state index in [0.29, 0.717) is 30.5 Å². The van der Waals surface area contributed by atoms with Gasteiger partial charge >= 0.3 is 11.9 Å². The van der Waals surface area contributed by atoms with E-state index in [0.717, 1.165) is 0 Å². The van der Waals surface area contributed by atoms with Gasteiger partial charge in [-0.3, -0.25) is 29.2 Å². The van der Waals surface area contributed by atoms with E-state index in [2.05, 4.69) is 15.0 Å². The van der Waals surface area contributed by atoms with Crippen molar-refractivity contribution in [3.63, 3.8) is 0 Å². The maximum absolute atomic E-state index is 12.6. The van der Waals surface area contributed by atoms with E-state index in [1.807, 2.05) is 0 Å². The van der Waals surface area contributed by atoms with Gasteiger partial charge in [0, 0.05) is 43.2 Å². The molecule has 0 amide bonds. The van der Waals surface area contributed by atoms with Crippen molar-refractivity contribution in [2.24, 2.45) is 9.98 Å². The van der Waals surface area contributed by atoms with Crippen LogP contribution in [-0.2, 0) is 0 Å². The van der Waals surface area contributed by atoms with E-state index < -0.39 is 24.0 Å². The third kappa shape index (κ3) is 3.02.